The molecule has 2 aliphatic rings. The highest BCUT2D eigenvalue weighted by Crippen LogP contribution is 2.27. The van der Waals surface area contributed by atoms with Crippen LogP contribution in [0, 0.1) is 6.92 Å². The van der Waals surface area contributed by atoms with Gasteiger partial charge >= 0.3 is 0 Å². The number of likely N-dealkylation sites (N-methyl/N-ethyl adjacent to an activating group) is 1. The lowest BCUT2D eigenvalue weighted by Gasteiger charge is -2.37. The van der Waals surface area contributed by atoms with Crippen molar-refractivity contribution in [2.24, 2.45) is 0 Å². The summed E-state index contributed by atoms with van der Waals surface area (Å²) in [7, 11) is -1.82. The van der Waals surface area contributed by atoms with E-state index < -0.39 is 10.0 Å². The maximum absolute atomic E-state index is 13.0. The number of hydrogen-bond acceptors (Lipinski definition) is 5. The molecule has 2 aliphatic heterocycles. The van der Waals surface area contributed by atoms with Crippen molar-refractivity contribution in [2.45, 2.75) is 50.3 Å². The predicted molar refractivity (Wildman–Crippen MR) is 86.9 cm³/mol. The zero-order chi connectivity index (χ0) is 17.5. The van der Waals surface area contributed by atoms with Gasteiger partial charge in [-0.1, -0.05) is 0 Å². The van der Waals surface area contributed by atoms with E-state index in [1.54, 1.807) is 23.6 Å². The van der Waals surface area contributed by atoms with Gasteiger partial charge in [-0.05, 0) is 26.7 Å². The summed E-state index contributed by atoms with van der Waals surface area (Å²) < 4.78 is 34.8. The van der Waals surface area contributed by atoms with Crippen molar-refractivity contribution in [3.8, 4) is 0 Å². The second kappa shape index (κ2) is 6.45. The third kappa shape index (κ3) is 2.84. The minimum Gasteiger partial charge on any atom is -0.366 e. The van der Waals surface area contributed by atoms with Gasteiger partial charge in [0.2, 0.25) is 15.9 Å². The molecule has 1 aromatic heterocycles. The number of nitrogens with zero attached hydrogens (tertiary/aromatic N) is 4. The maximum atomic E-state index is 13.0. The fraction of sp³-hybridized carbons (Fsp3) is 0.733. The molecular formula is C15H24N4O4S. The molecule has 3 heterocycles. The zero-order valence-corrected chi connectivity index (χ0v) is 15.1. The van der Waals surface area contributed by atoms with Crippen molar-refractivity contribution in [1.82, 2.24) is 19.0 Å². The quantitative estimate of drug-likeness (QED) is 0.774. The summed E-state index contributed by atoms with van der Waals surface area (Å²) in [5.74, 6) is -0.0485. The van der Waals surface area contributed by atoms with Gasteiger partial charge in [-0.25, -0.2) is 8.42 Å². The predicted octanol–water partition coefficient (Wildman–Crippen LogP) is 0.222. The van der Waals surface area contributed by atoms with E-state index in [0.717, 1.165) is 0 Å². The van der Waals surface area contributed by atoms with Gasteiger partial charge in [0.1, 0.15) is 11.5 Å². The first-order valence-electron chi connectivity index (χ1n) is 8.26. The van der Waals surface area contributed by atoms with Crippen LogP contribution in [0.5, 0.6) is 0 Å². The SMILES string of the molecule is CCn1ncc(S(=O)(=O)N2CC[C@@H]3OCC(=O)N(C)[C@H]3CC2)c1C. The number of hydrogen-bond donors (Lipinski definition) is 0. The molecule has 24 heavy (non-hydrogen) atoms. The van der Waals surface area contributed by atoms with Crippen LogP contribution in [0.15, 0.2) is 11.1 Å². The number of aryl methyl sites for hydroxylation is 1. The fourth-order valence-electron chi connectivity index (χ4n) is 3.52. The largest absolute Gasteiger partial charge is 0.366 e. The van der Waals surface area contributed by atoms with Crippen molar-refractivity contribution in [3.05, 3.63) is 11.9 Å². The normalized spacial score (nSPS) is 26.3. The van der Waals surface area contributed by atoms with E-state index in [0.29, 0.717) is 38.2 Å². The van der Waals surface area contributed by atoms with Gasteiger partial charge in [-0.3, -0.25) is 9.48 Å². The molecule has 2 fully saturated rings. The monoisotopic (exact) mass is 356 g/mol. The van der Waals surface area contributed by atoms with Crippen LogP contribution in [-0.4, -0.2) is 72.2 Å². The van der Waals surface area contributed by atoms with E-state index in [2.05, 4.69) is 5.10 Å². The molecule has 9 heteroatoms. The van der Waals surface area contributed by atoms with Crippen molar-refractivity contribution >= 4 is 15.9 Å². The molecule has 134 valence electrons. The summed E-state index contributed by atoms with van der Waals surface area (Å²) in [5.41, 5.74) is 0.655. The molecule has 0 N–H and O–H groups in total. The van der Waals surface area contributed by atoms with E-state index in [1.165, 1.54) is 10.5 Å². The Morgan fingerprint density at radius 1 is 1.33 bits per heavy atom. The van der Waals surface area contributed by atoms with Crippen molar-refractivity contribution < 1.29 is 17.9 Å². The number of carbonyl (C=O) groups is 1. The molecule has 2 atom stereocenters. The Bertz CT molecular complexity index is 730. The first-order valence-corrected chi connectivity index (χ1v) is 9.70. The Labute approximate surface area is 142 Å². The molecular weight excluding hydrogens is 332 g/mol. The smallest absolute Gasteiger partial charge is 0.248 e. The average molecular weight is 356 g/mol. The van der Waals surface area contributed by atoms with Crippen molar-refractivity contribution in [1.29, 1.82) is 0 Å². The van der Waals surface area contributed by atoms with Crippen molar-refractivity contribution in [3.63, 3.8) is 0 Å². The molecule has 1 amide bonds. The van der Waals surface area contributed by atoms with Crippen LogP contribution in [-0.2, 0) is 26.1 Å². The number of rotatable bonds is 3. The molecule has 8 nitrogen and oxygen atoms in total. The van der Waals surface area contributed by atoms with Crippen LogP contribution in [0.25, 0.3) is 0 Å². The molecule has 0 aromatic carbocycles. The van der Waals surface area contributed by atoms with Crippen LogP contribution in [0.2, 0.25) is 0 Å². The Kier molecular flexibility index (Phi) is 4.67. The highest BCUT2D eigenvalue weighted by molar-refractivity contribution is 7.89. The van der Waals surface area contributed by atoms with Gasteiger partial charge in [0.15, 0.2) is 0 Å². The number of amides is 1. The number of carbonyl (C=O) groups excluding carboxylic acids is 1. The lowest BCUT2D eigenvalue weighted by molar-refractivity contribution is -0.154. The summed E-state index contributed by atoms with van der Waals surface area (Å²) in [6, 6.07) is -0.0640. The molecule has 2 saturated heterocycles. The van der Waals surface area contributed by atoms with E-state index in [1.807, 2.05) is 6.92 Å². The minimum absolute atomic E-state index is 0.0485. The summed E-state index contributed by atoms with van der Waals surface area (Å²) in [6.45, 7) is 5.18. The third-order valence-corrected chi connectivity index (χ3v) is 7.06. The first kappa shape index (κ1) is 17.4. The molecule has 0 aliphatic carbocycles. The molecule has 3 rings (SSSR count). The topological polar surface area (TPSA) is 84.7 Å². The van der Waals surface area contributed by atoms with Crippen LogP contribution in [0.1, 0.15) is 25.5 Å². The van der Waals surface area contributed by atoms with Crippen LogP contribution in [0.4, 0.5) is 0 Å². The summed E-state index contributed by atoms with van der Waals surface area (Å²) in [5, 5.41) is 4.15. The minimum atomic E-state index is -3.59. The van der Waals surface area contributed by atoms with Crippen LogP contribution in [0.3, 0.4) is 0 Å². The summed E-state index contributed by atoms with van der Waals surface area (Å²) >= 11 is 0. The highest BCUT2D eigenvalue weighted by atomic mass is 32.2. The highest BCUT2D eigenvalue weighted by Gasteiger charge is 2.39. The van der Waals surface area contributed by atoms with Crippen LogP contribution < -0.4 is 0 Å². The number of morpholine rings is 1. The lowest BCUT2D eigenvalue weighted by atomic mass is 10.0. The Balaban J connectivity index is 1.82. The number of sulfonamides is 1. The van der Waals surface area contributed by atoms with Gasteiger partial charge in [0.25, 0.3) is 0 Å². The standard InChI is InChI=1S/C15H24N4O4S/c1-4-19-11(2)14(9-16-19)24(21,22)18-7-5-12-13(6-8-18)23-10-15(20)17(12)3/h9,12-13H,4-8,10H2,1-3H3/t12-,13-/m0/s1. The molecule has 0 bridgehead atoms. The third-order valence-electron chi connectivity index (χ3n) is 5.05. The fourth-order valence-corrected chi connectivity index (χ4v) is 5.15. The number of ether oxygens (including phenoxy) is 1. The van der Waals surface area contributed by atoms with Gasteiger partial charge < -0.3 is 9.64 Å². The Morgan fingerprint density at radius 2 is 2.04 bits per heavy atom. The molecule has 0 saturated carbocycles. The summed E-state index contributed by atoms with van der Waals surface area (Å²) in [4.78, 5) is 13.8. The Morgan fingerprint density at radius 3 is 2.71 bits per heavy atom. The van der Waals surface area contributed by atoms with Crippen molar-refractivity contribution in [2.75, 3.05) is 26.7 Å². The molecule has 1 aromatic rings. The van der Waals surface area contributed by atoms with Gasteiger partial charge in [0, 0.05) is 26.7 Å². The van der Waals surface area contributed by atoms with Gasteiger partial charge in [0.05, 0.1) is 24.0 Å². The molecule has 0 unspecified atom stereocenters. The van der Waals surface area contributed by atoms with E-state index in [4.69, 9.17) is 4.74 Å². The molecule has 0 radical (unpaired) electrons. The number of fused-ring (bicyclic) bond motifs is 1. The lowest BCUT2D eigenvalue weighted by Crippen LogP contribution is -2.52. The van der Waals surface area contributed by atoms with E-state index in [-0.39, 0.29) is 29.6 Å². The van der Waals surface area contributed by atoms with Crippen LogP contribution >= 0.6 is 0 Å². The van der Waals surface area contributed by atoms with E-state index >= 15 is 0 Å². The zero-order valence-electron chi connectivity index (χ0n) is 14.3. The van der Waals surface area contributed by atoms with Gasteiger partial charge in [-0.2, -0.15) is 9.40 Å². The number of aromatic nitrogens is 2. The Hall–Kier alpha value is -1.45. The maximum Gasteiger partial charge on any atom is 0.248 e. The van der Waals surface area contributed by atoms with Gasteiger partial charge in [-0.15, -0.1) is 0 Å². The second-order valence-electron chi connectivity index (χ2n) is 6.31. The first-order chi connectivity index (χ1) is 11.4. The summed E-state index contributed by atoms with van der Waals surface area (Å²) in [6.07, 6.45) is 2.49. The average Bonchev–Trinajstić information content (AvgIpc) is 2.79. The van der Waals surface area contributed by atoms with E-state index in [9.17, 15) is 13.2 Å². The molecule has 0 spiro atoms. The second-order valence-corrected chi connectivity index (χ2v) is 8.22.